The number of likely N-dealkylation sites (N-methyl/N-ethyl adjacent to an activating group) is 1. The average Bonchev–Trinajstić information content (AvgIpc) is 3.21. The molecule has 0 aromatic heterocycles. The lowest BCUT2D eigenvalue weighted by Gasteiger charge is -2.36. The van der Waals surface area contributed by atoms with E-state index in [4.69, 9.17) is 9.47 Å². The minimum absolute atomic E-state index is 0.0121. The van der Waals surface area contributed by atoms with Gasteiger partial charge in [-0.2, -0.15) is 0 Å². The number of carbonyl (C=O) groups excluding carboxylic acids is 5. The van der Waals surface area contributed by atoms with Gasteiger partial charge < -0.3 is 46.1 Å². The Bertz CT molecular complexity index is 1520. The number of hydrogen-bond acceptors (Lipinski definition) is 8. The molecule has 6 amide bonds. The third kappa shape index (κ3) is 14.9. The smallest absolute Gasteiger partial charge is 0.404 e. The summed E-state index contributed by atoms with van der Waals surface area (Å²) >= 11 is 0. The molecule has 3 rings (SSSR count). The quantitative estimate of drug-likeness (QED) is 0.142. The third-order valence-corrected chi connectivity index (χ3v) is 10.9. The standard InChI is InChI=1S/C43H66N6O9/c1-7-10-23-32-35(24-11-8-2)58-26-28(4)45-40(52)36(29(5)57-27-30-19-14-12-15-20-30)47-38(50)33(25-44-43(55)56)46-41(53)37(31-21-16-13-17-22-31)48-39(51)34(18-9-3)49(6)42(32)54/h7-8,12,14-15,19-20,28-29,31-37,44H,1-2,9-11,13,16-18,21-27H2,3-6H3,(H,45,52)(H,46,53)(H,47,50)(H,48,51)(H,55,56)/t28-,29+,32-,33+,34+,35-,36+,37+/m1/s1. The highest BCUT2D eigenvalue weighted by atomic mass is 16.5. The second-order valence-electron chi connectivity index (χ2n) is 15.5. The molecule has 1 aromatic rings. The number of ether oxygens (including phenoxy) is 2. The number of carboxylic acid groups (broad SMARTS) is 1. The summed E-state index contributed by atoms with van der Waals surface area (Å²) in [6, 6.07) is 3.90. The molecule has 0 bridgehead atoms. The number of rotatable bonds is 15. The fourth-order valence-corrected chi connectivity index (χ4v) is 7.60. The maximum Gasteiger partial charge on any atom is 0.404 e. The maximum absolute atomic E-state index is 14.5. The summed E-state index contributed by atoms with van der Waals surface area (Å²) in [5.74, 6) is -3.87. The molecule has 1 aromatic carbocycles. The summed E-state index contributed by atoms with van der Waals surface area (Å²) in [6.45, 7) is 12.6. The Balaban J connectivity index is 2.12. The second-order valence-corrected chi connectivity index (χ2v) is 15.5. The lowest BCUT2D eigenvalue weighted by atomic mass is 9.83. The molecular weight excluding hydrogens is 745 g/mol. The molecule has 8 atom stereocenters. The molecule has 1 heterocycles. The van der Waals surface area contributed by atoms with Crippen LogP contribution in [0.2, 0.25) is 0 Å². The maximum atomic E-state index is 14.5. The third-order valence-electron chi connectivity index (χ3n) is 10.9. The zero-order valence-corrected chi connectivity index (χ0v) is 34.7. The number of carbonyl (C=O) groups is 6. The Morgan fingerprint density at radius 1 is 0.931 bits per heavy atom. The van der Waals surface area contributed by atoms with Crippen LogP contribution >= 0.6 is 0 Å². The normalized spacial score (nSPS) is 26.7. The van der Waals surface area contributed by atoms with E-state index in [1.165, 1.54) is 4.90 Å². The van der Waals surface area contributed by atoms with Gasteiger partial charge >= 0.3 is 6.09 Å². The van der Waals surface area contributed by atoms with Gasteiger partial charge in [0.15, 0.2) is 0 Å². The van der Waals surface area contributed by atoms with Gasteiger partial charge in [0.1, 0.15) is 24.2 Å². The van der Waals surface area contributed by atoms with Gasteiger partial charge in [0.05, 0.1) is 37.9 Å². The SMILES string of the molecule is C=CCC[C@H]1OC[C@@H](C)NC(=O)[C@H]([C@H](C)OCc2ccccc2)NC(=O)[C@H](CNC(=O)O)NC(=O)[C@H](C2CCCCC2)NC(=O)[C@H](CCC)N(C)C(=O)[C@@H]1CCC=C. The van der Waals surface area contributed by atoms with Crippen molar-refractivity contribution in [2.24, 2.45) is 11.8 Å². The van der Waals surface area contributed by atoms with Gasteiger partial charge in [-0.15, -0.1) is 13.2 Å². The number of allylic oxidation sites excluding steroid dienone is 2. The molecule has 0 unspecified atom stereocenters. The Kier molecular flexibility index (Phi) is 20.4. The second kappa shape index (κ2) is 24.9. The van der Waals surface area contributed by atoms with Crippen LogP contribution < -0.4 is 26.6 Å². The number of benzene rings is 1. The van der Waals surface area contributed by atoms with Gasteiger partial charge in [-0.05, 0) is 70.3 Å². The van der Waals surface area contributed by atoms with Crippen molar-refractivity contribution in [2.45, 2.75) is 140 Å². The highest BCUT2D eigenvalue weighted by Gasteiger charge is 2.40. The summed E-state index contributed by atoms with van der Waals surface area (Å²) in [5.41, 5.74) is 0.837. The van der Waals surface area contributed by atoms with Gasteiger partial charge in [0.2, 0.25) is 29.5 Å². The molecular formula is C43H66N6O9. The van der Waals surface area contributed by atoms with Crippen molar-refractivity contribution < 1.29 is 43.3 Å². The molecule has 1 aliphatic heterocycles. The summed E-state index contributed by atoms with van der Waals surface area (Å²) in [6.07, 6.45) is 7.26. The van der Waals surface area contributed by atoms with E-state index in [0.717, 1.165) is 24.8 Å². The van der Waals surface area contributed by atoms with E-state index in [0.29, 0.717) is 51.4 Å². The first-order valence-electron chi connectivity index (χ1n) is 20.7. The van der Waals surface area contributed by atoms with Crippen LogP contribution in [0.15, 0.2) is 55.6 Å². The molecule has 0 spiro atoms. The van der Waals surface area contributed by atoms with E-state index in [-0.39, 0.29) is 25.0 Å². The van der Waals surface area contributed by atoms with E-state index in [9.17, 15) is 33.9 Å². The minimum atomic E-state index is -1.47. The number of amides is 6. The van der Waals surface area contributed by atoms with Crippen LogP contribution in [-0.2, 0) is 40.1 Å². The van der Waals surface area contributed by atoms with Crippen LogP contribution in [0.25, 0.3) is 0 Å². The molecule has 15 nitrogen and oxygen atoms in total. The van der Waals surface area contributed by atoms with Gasteiger partial charge in [-0.25, -0.2) is 4.79 Å². The molecule has 322 valence electrons. The van der Waals surface area contributed by atoms with Crippen molar-refractivity contribution in [1.82, 2.24) is 31.5 Å². The average molecular weight is 811 g/mol. The molecule has 2 fully saturated rings. The molecule has 1 saturated heterocycles. The molecule has 6 N–H and O–H groups in total. The lowest BCUT2D eigenvalue weighted by Crippen LogP contribution is -2.63. The van der Waals surface area contributed by atoms with Crippen LogP contribution in [0, 0.1) is 11.8 Å². The van der Waals surface area contributed by atoms with Crippen LogP contribution in [0.4, 0.5) is 4.79 Å². The van der Waals surface area contributed by atoms with Crippen molar-refractivity contribution in [1.29, 1.82) is 0 Å². The van der Waals surface area contributed by atoms with Crippen molar-refractivity contribution in [2.75, 3.05) is 20.2 Å². The Morgan fingerprint density at radius 3 is 2.24 bits per heavy atom. The van der Waals surface area contributed by atoms with E-state index < -0.39 is 84.6 Å². The summed E-state index contributed by atoms with van der Waals surface area (Å²) in [4.78, 5) is 84.4. The monoisotopic (exact) mass is 810 g/mol. The van der Waals surface area contributed by atoms with Crippen LogP contribution in [-0.4, -0.2) is 108 Å². The van der Waals surface area contributed by atoms with Gasteiger partial charge in [-0.3, -0.25) is 24.0 Å². The first-order valence-corrected chi connectivity index (χ1v) is 20.7. The van der Waals surface area contributed by atoms with Crippen LogP contribution in [0.3, 0.4) is 0 Å². The van der Waals surface area contributed by atoms with Gasteiger partial charge in [-0.1, -0.05) is 75.1 Å². The Labute approximate surface area is 343 Å². The summed E-state index contributed by atoms with van der Waals surface area (Å²) < 4.78 is 12.5. The molecule has 1 saturated carbocycles. The van der Waals surface area contributed by atoms with Gasteiger partial charge in [0.25, 0.3) is 0 Å². The van der Waals surface area contributed by atoms with E-state index in [2.05, 4.69) is 39.7 Å². The van der Waals surface area contributed by atoms with Gasteiger partial charge in [0, 0.05) is 13.1 Å². The first-order chi connectivity index (χ1) is 27.8. The van der Waals surface area contributed by atoms with Crippen molar-refractivity contribution in [3.63, 3.8) is 0 Å². The predicted molar refractivity (Wildman–Crippen MR) is 220 cm³/mol. The Hall–Kier alpha value is -4.76. The Morgan fingerprint density at radius 2 is 1.60 bits per heavy atom. The van der Waals surface area contributed by atoms with E-state index >= 15 is 0 Å². The fourth-order valence-electron chi connectivity index (χ4n) is 7.60. The summed E-state index contributed by atoms with van der Waals surface area (Å²) in [5, 5.41) is 22.9. The van der Waals surface area contributed by atoms with E-state index in [1.54, 1.807) is 33.0 Å². The summed E-state index contributed by atoms with van der Waals surface area (Å²) in [7, 11) is 1.59. The number of nitrogens with zero attached hydrogens (tertiary/aromatic N) is 1. The largest absolute Gasteiger partial charge is 0.465 e. The molecule has 0 radical (unpaired) electrons. The number of nitrogens with one attached hydrogen (secondary N) is 5. The lowest BCUT2D eigenvalue weighted by molar-refractivity contribution is -0.148. The first kappa shape index (κ1) is 47.6. The zero-order chi connectivity index (χ0) is 42.6. The van der Waals surface area contributed by atoms with Crippen molar-refractivity contribution in [3.05, 3.63) is 61.2 Å². The molecule has 15 heteroatoms. The van der Waals surface area contributed by atoms with Crippen LogP contribution in [0.5, 0.6) is 0 Å². The van der Waals surface area contributed by atoms with Crippen molar-refractivity contribution >= 4 is 35.6 Å². The molecule has 1 aliphatic carbocycles. The zero-order valence-electron chi connectivity index (χ0n) is 34.7. The number of hydrogen-bond donors (Lipinski definition) is 6. The predicted octanol–water partition coefficient (Wildman–Crippen LogP) is 3.97. The molecule has 58 heavy (non-hydrogen) atoms. The van der Waals surface area contributed by atoms with Crippen molar-refractivity contribution in [3.8, 4) is 0 Å². The highest BCUT2D eigenvalue weighted by Crippen LogP contribution is 2.28. The fraction of sp³-hybridized carbons (Fsp3) is 0.628. The highest BCUT2D eigenvalue weighted by molar-refractivity contribution is 5.96. The molecule has 2 aliphatic rings. The van der Waals surface area contributed by atoms with Crippen LogP contribution in [0.1, 0.15) is 97.0 Å². The minimum Gasteiger partial charge on any atom is -0.465 e. The topological polar surface area (TPSA) is 204 Å². The van der Waals surface area contributed by atoms with E-state index in [1.807, 2.05) is 37.3 Å².